The Morgan fingerprint density at radius 2 is 1.89 bits per heavy atom. The molecule has 1 aliphatic heterocycles. The lowest BCUT2D eigenvalue weighted by Gasteiger charge is -2.37. The third-order valence-corrected chi connectivity index (χ3v) is 6.49. The SMILES string of the molecule is C[C@@H]1CN([C@@H](C)CO)C(=O)c2cc(-c3ccccc3F)cnc2O[C@@H]1CN(C)Cc1ccccc1. The Morgan fingerprint density at radius 3 is 2.60 bits per heavy atom. The van der Waals surface area contributed by atoms with Gasteiger partial charge in [-0.25, -0.2) is 9.37 Å². The smallest absolute Gasteiger partial charge is 0.259 e. The number of halogens is 1. The van der Waals surface area contributed by atoms with E-state index in [1.165, 1.54) is 11.6 Å². The normalized spacial score (nSPS) is 19.0. The van der Waals surface area contributed by atoms with E-state index in [1.807, 2.05) is 39.1 Å². The number of carbonyl (C=O) groups is 1. The summed E-state index contributed by atoms with van der Waals surface area (Å²) >= 11 is 0. The molecule has 0 unspecified atom stereocenters. The van der Waals surface area contributed by atoms with E-state index >= 15 is 0 Å². The van der Waals surface area contributed by atoms with Crippen molar-refractivity contribution in [2.75, 3.05) is 26.7 Å². The fourth-order valence-corrected chi connectivity index (χ4v) is 4.43. The topological polar surface area (TPSA) is 65.9 Å². The van der Waals surface area contributed by atoms with Gasteiger partial charge in [-0.1, -0.05) is 55.5 Å². The second-order valence-corrected chi connectivity index (χ2v) is 9.36. The highest BCUT2D eigenvalue weighted by molar-refractivity contribution is 5.98. The standard InChI is InChI=1S/C28H32FN3O3/c1-19-15-32(20(2)18-33)28(34)24-13-22(23-11-7-8-12-25(23)29)14-30-27(24)35-26(19)17-31(3)16-21-9-5-4-6-10-21/h4-14,19-20,26,33H,15-18H2,1-3H3/t19-,20+,26-/m1/s1. The van der Waals surface area contributed by atoms with Crippen molar-refractivity contribution in [3.05, 3.63) is 83.8 Å². The van der Waals surface area contributed by atoms with E-state index in [9.17, 15) is 14.3 Å². The average molecular weight is 478 g/mol. The van der Waals surface area contributed by atoms with E-state index < -0.39 is 0 Å². The van der Waals surface area contributed by atoms with Gasteiger partial charge in [-0.2, -0.15) is 0 Å². The lowest BCUT2D eigenvalue weighted by molar-refractivity contribution is 0.0325. The molecular formula is C28H32FN3O3. The summed E-state index contributed by atoms with van der Waals surface area (Å²) in [5.41, 5.74) is 2.34. The Hall–Kier alpha value is -3.29. The van der Waals surface area contributed by atoms with Gasteiger partial charge in [-0.3, -0.25) is 9.69 Å². The number of hydrogen-bond acceptors (Lipinski definition) is 5. The summed E-state index contributed by atoms with van der Waals surface area (Å²) in [5, 5.41) is 9.85. The first-order chi connectivity index (χ1) is 16.9. The van der Waals surface area contributed by atoms with Crippen LogP contribution in [-0.4, -0.2) is 64.7 Å². The van der Waals surface area contributed by atoms with Crippen LogP contribution in [0, 0.1) is 11.7 Å². The van der Waals surface area contributed by atoms with Crippen LogP contribution in [0.4, 0.5) is 4.39 Å². The second-order valence-electron chi connectivity index (χ2n) is 9.36. The predicted molar refractivity (Wildman–Crippen MR) is 134 cm³/mol. The average Bonchev–Trinajstić information content (AvgIpc) is 2.86. The number of aromatic nitrogens is 1. The molecule has 0 fully saturated rings. The molecule has 1 N–H and O–H groups in total. The number of nitrogens with zero attached hydrogens (tertiary/aromatic N) is 3. The number of aliphatic hydroxyl groups is 1. The van der Waals surface area contributed by atoms with Crippen LogP contribution in [0.2, 0.25) is 0 Å². The molecule has 0 saturated carbocycles. The predicted octanol–water partition coefficient (Wildman–Crippen LogP) is 4.24. The number of aliphatic hydroxyl groups excluding tert-OH is 1. The van der Waals surface area contributed by atoms with Gasteiger partial charge >= 0.3 is 0 Å². The summed E-state index contributed by atoms with van der Waals surface area (Å²) in [4.78, 5) is 21.9. The van der Waals surface area contributed by atoms with E-state index in [1.54, 1.807) is 35.4 Å². The Morgan fingerprint density at radius 1 is 1.17 bits per heavy atom. The third kappa shape index (κ3) is 5.69. The highest BCUT2D eigenvalue weighted by Gasteiger charge is 2.34. The molecule has 0 radical (unpaired) electrons. The van der Waals surface area contributed by atoms with Gasteiger partial charge in [0.25, 0.3) is 5.91 Å². The number of likely N-dealkylation sites (N-methyl/N-ethyl adjacent to an activating group) is 1. The lowest BCUT2D eigenvalue weighted by atomic mass is 9.99. The molecule has 184 valence electrons. The monoisotopic (exact) mass is 477 g/mol. The van der Waals surface area contributed by atoms with Gasteiger partial charge in [0.1, 0.15) is 17.5 Å². The van der Waals surface area contributed by atoms with Crippen LogP contribution in [-0.2, 0) is 6.54 Å². The number of benzene rings is 2. The maximum absolute atomic E-state index is 14.5. The highest BCUT2D eigenvalue weighted by atomic mass is 19.1. The maximum Gasteiger partial charge on any atom is 0.259 e. The number of pyridine rings is 1. The van der Waals surface area contributed by atoms with Crippen LogP contribution < -0.4 is 4.74 Å². The van der Waals surface area contributed by atoms with Gasteiger partial charge in [0.05, 0.1) is 12.6 Å². The molecule has 3 atom stereocenters. The van der Waals surface area contributed by atoms with Gasteiger partial charge in [-0.05, 0) is 31.7 Å². The van der Waals surface area contributed by atoms with Gasteiger partial charge in [0.15, 0.2) is 0 Å². The molecule has 1 aliphatic rings. The zero-order valence-electron chi connectivity index (χ0n) is 20.4. The molecule has 2 heterocycles. The first kappa shape index (κ1) is 24.8. The minimum atomic E-state index is -0.386. The molecule has 0 saturated heterocycles. The molecule has 35 heavy (non-hydrogen) atoms. The molecule has 3 aromatic rings. The summed E-state index contributed by atoms with van der Waals surface area (Å²) in [6.45, 7) is 5.51. The molecule has 6 nitrogen and oxygen atoms in total. The molecular weight excluding hydrogens is 445 g/mol. The quantitative estimate of drug-likeness (QED) is 0.552. The number of carbonyl (C=O) groups excluding carboxylic acids is 1. The van der Waals surface area contributed by atoms with Crippen molar-refractivity contribution in [3.8, 4) is 17.0 Å². The Labute approximate surface area is 206 Å². The molecule has 1 amide bonds. The van der Waals surface area contributed by atoms with Gasteiger partial charge in [-0.15, -0.1) is 0 Å². The van der Waals surface area contributed by atoms with Gasteiger partial charge < -0.3 is 14.7 Å². The molecule has 1 aromatic heterocycles. The zero-order chi connectivity index (χ0) is 24.9. The van der Waals surface area contributed by atoms with E-state index in [-0.39, 0.29) is 47.8 Å². The number of rotatable bonds is 7. The fraction of sp³-hybridized carbons (Fsp3) is 0.357. The van der Waals surface area contributed by atoms with Crippen molar-refractivity contribution in [3.63, 3.8) is 0 Å². The van der Waals surface area contributed by atoms with Crippen molar-refractivity contribution < 1.29 is 19.0 Å². The Kier molecular flexibility index (Phi) is 7.78. The minimum absolute atomic E-state index is 0.00707. The molecule has 0 bridgehead atoms. The van der Waals surface area contributed by atoms with Crippen molar-refractivity contribution in [2.45, 2.75) is 32.5 Å². The van der Waals surface area contributed by atoms with Crippen LogP contribution in [0.5, 0.6) is 5.88 Å². The van der Waals surface area contributed by atoms with Crippen molar-refractivity contribution in [2.24, 2.45) is 5.92 Å². The summed E-state index contributed by atoms with van der Waals surface area (Å²) in [6.07, 6.45) is 1.30. The summed E-state index contributed by atoms with van der Waals surface area (Å²) in [6, 6.07) is 17.9. The van der Waals surface area contributed by atoms with Crippen LogP contribution in [0.25, 0.3) is 11.1 Å². The maximum atomic E-state index is 14.5. The van der Waals surface area contributed by atoms with Crippen molar-refractivity contribution in [1.82, 2.24) is 14.8 Å². The first-order valence-electron chi connectivity index (χ1n) is 11.9. The third-order valence-electron chi connectivity index (χ3n) is 6.49. The summed E-state index contributed by atoms with van der Waals surface area (Å²) in [5.74, 6) is -0.444. The van der Waals surface area contributed by atoms with Gasteiger partial charge in [0.2, 0.25) is 5.88 Å². The van der Waals surface area contributed by atoms with Crippen LogP contribution in [0.3, 0.4) is 0 Å². The van der Waals surface area contributed by atoms with Crippen LogP contribution >= 0.6 is 0 Å². The second kappa shape index (κ2) is 11.0. The Bertz CT molecular complexity index is 1160. The molecule has 4 rings (SSSR count). The van der Waals surface area contributed by atoms with E-state index in [0.717, 1.165) is 6.54 Å². The molecule has 0 spiro atoms. The first-order valence-corrected chi connectivity index (χ1v) is 11.9. The fourth-order valence-electron chi connectivity index (χ4n) is 4.43. The van der Waals surface area contributed by atoms with E-state index in [4.69, 9.17) is 4.74 Å². The zero-order valence-corrected chi connectivity index (χ0v) is 20.4. The minimum Gasteiger partial charge on any atom is -0.472 e. The molecule has 7 heteroatoms. The largest absolute Gasteiger partial charge is 0.472 e. The number of hydrogen-bond donors (Lipinski definition) is 1. The number of ether oxygens (including phenoxy) is 1. The molecule has 2 aromatic carbocycles. The van der Waals surface area contributed by atoms with Gasteiger partial charge in [0, 0.05) is 42.9 Å². The Balaban J connectivity index is 1.67. The highest BCUT2D eigenvalue weighted by Crippen LogP contribution is 2.31. The lowest BCUT2D eigenvalue weighted by Crippen LogP contribution is -2.49. The summed E-state index contributed by atoms with van der Waals surface area (Å²) in [7, 11) is 2.04. The van der Waals surface area contributed by atoms with Crippen LogP contribution in [0.15, 0.2) is 66.9 Å². The van der Waals surface area contributed by atoms with E-state index in [2.05, 4.69) is 22.0 Å². The van der Waals surface area contributed by atoms with Crippen LogP contribution in [0.1, 0.15) is 29.8 Å². The molecule has 0 aliphatic carbocycles. The summed E-state index contributed by atoms with van der Waals surface area (Å²) < 4.78 is 20.8. The number of fused-ring (bicyclic) bond motifs is 1. The van der Waals surface area contributed by atoms with Crippen molar-refractivity contribution in [1.29, 1.82) is 0 Å². The van der Waals surface area contributed by atoms with E-state index in [0.29, 0.717) is 24.2 Å². The number of amides is 1. The van der Waals surface area contributed by atoms with Crippen molar-refractivity contribution >= 4 is 5.91 Å².